The quantitative estimate of drug-likeness (QED) is 0.702. The van der Waals surface area contributed by atoms with Crippen LogP contribution in [0.5, 0.6) is 0 Å². The number of nitrogen functional groups attached to an aromatic ring is 1. The van der Waals surface area contributed by atoms with E-state index in [2.05, 4.69) is 15.5 Å². The van der Waals surface area contributed by atoms with Crippen molar-refractivity contribution in [2.45, 2.75) is 0 Å². The molecule has 2 rings (SSSR count). The molecule has 0 fully saturated rings. The van der Waals surface area contributed by atoms with Gasteiger partial charge in [-0.15, -0.1) is 5.10 Å². The van der Waals surface area contributed by atoms with Crippen LogP contribution in [0, 0.1) is 0 Å². The number of anilines is 3. The molecule has 3 N–H and O–H groups in total. The molecule has 14 heavy (non-hydrogen) atoms. The van der Waals surface area contributed by atoms with Crippen molar-refractivity contribution in [2.24, 2.45) is 0 Å². The van der Waals surface area contributed by atoms with Crippen LogP contribution in [0.1, 0.15) is 0 Å². The van der Waals surface area contributed by atoms with Crippen LogP contribution in [0.3, 0.4) is 0 Å². The maximum absolute atomic E-state index is 5.56. The van der Waals surface area contributed by atoms with E-state index in [1.54, 1.807) is 6.20 Å². The van der Waals surface area contributed by atoms with Crippen molar-refractivity contribution in [2.75, 3.05) is 11.1 Å². The topological polar surface area (TPSA) is 63.8 Å². The van der Waals surface area contributed by atoms with Crippen molar-refractivity contribution in [3.8, 4) is 0 Å². The smallest absolute Gasteiger partial charge is 0.153 e. The minimum atomic E-state index is 0.720. The first-order chi connectivity index (χ1) is 6.84. The molecule has 0 unspecified atom stereocenters. The Balaban J connectivity index is 2.16. The molecule has 2 aromatic rings. The van der Waals surface area contributed by atoms with Crippen LogP contribution >= 0.6 is 0 Å². The summed E-state index contributed by atoms with van der Waals surface area (Å²) >= 11 is 0. The van der Waals surface area contributed by atoms with Crippen molar-refractivity contribution >= 4 is 17.2 Å². The SMILES string of the molecule is Nc1ccc(Nc2cccnn2)cc1. The summed E-state index contributed by atoms with van der Waals surface area (Å²) in [5.74, 6) is 0.720. The minimum absolute atomic E-state index is 0.720. The van der Waals surface area contributed by atoms with Gasteiger partial charge in [0.25, 0.3) is 0 Å². The average Bonchev–Trinajstić information content (AvgIpc) is 2.23. The van der Waals surface area contributed by atoms with Crippen LogP contribution in [-0.2, 0) is 0 Å². The molecule has 0 bridgehead atoms. The predicted molar refractivity (Wildman–Crippen MR) is 56.2 cm³/mol. The summed E-state index contributed by atoms with van der Waals surface area (Å²) in [4.78, 5) is 0. The predicted octanol–water partition coefficient (Wildman–Crippen LogP) is 1.80. The number of hydrogen-bond acceptors (Lipinski definition) is 4. The fourth-order valence-corrected chi connectivity index (χ4v) is 1.08. The fraction of sp³-hybridized carbons (Fsp3) is 0. The van der Waals surface area contributed by atoms with E-state index >= 15 is 0 Å². The maximum atomic E-state index is 5.56. The summed E-state index contributed by atoms with van der Waals surface area (Å²) < 4.78 is 0. The van der Waals surface area contributed by atoms with Gasteiger partial charge in [-0.05, 0) is 36.4 Å². The standard InChI is InChI=1S/C10H10N4/c11-8-3-5-9(6-4-8)13-10-2-1-7-12-14-10/h1-7H,11H2,(H,13,14). The van der Waals surface area contributed by atoms with Crippen molar-refractivity contribution in [1.82, 2.24) is 10.2 Å². The molecule has 0 spiro atoms. The molecular formula is C10H10N4. The zero-order valence-corrected chi connectivity index (χ0v) is 7.51. The second-order valence-electron chi connectivity index (χ2n) is 2.86. The Hall–Kier alpha value is -2.10. The highest BCUT2D eigenvalue weighted by Crippen LogP contribution is 2.14. The van der Waals surface area contributed by atoms with Gasteiger partial charge in [-0.1, -0.05) is 0 Å². The van der Waals surface area contributed by atoms with Gasteiger partial charge in [0.05, 0.1) is 0 Å². The molecule has 70 valence electrons. The van der Waals surface area contributed by atoms with Crippen molar-refractivity contribution in [1.29, 1.82) is 0 Å². The zero-order valence-electron chi connectivity index (χ0n) is 7.51. The Labute approximate surface area is 81.8 Å². The van der Waals surface area contributed by atoms with Gasteiger partial charge < -0.3 is 11.1 Å². The van der Waals surface area contributed by atoms with Gasteiger partial charge in [0.1, 0.15) is 0 Å². The molecule has 4 heteroatoms. The number of nitrogens with zero attached hydrogens (tertiary/aromatic N) is 2. The largest absolute Gasteiger partial charge is 0.399 e. The lowest BCUT2D eigenvalue weighted by molar-refractivity contribution is 1.04. The van der Waals surface area contributed by atoms with Crippen LogP contribution in [0.15, 0.2) is 42.6 Å². The molecule has 0 aliphatic heterocycles. The number of nitrogens with two attached hydrogens (primary N) is 1. The van der Waals surface area contributed by atoms with Gasteiger partial charge in [0, 0.05) is 17.6 Å². The normalized spacial score (nSPS) is 9.71. The first-order valence-electron chi connectivity index (χ1n) is 4.25. The number of rotatable bonds is 2. The molecule has 0 aliphatic rings. The van der Waals surface area contributed by atoms with Crippen molar-refractivity contribution in [3.63, 3.8) is 0 Å². The van der Waals surface area contributed by atoms with Crippen LogP contribution in [0.25, 0.3) is 0 Å². The molecule has 0 radical (unpaired) electrons. The molecular weight excluding hydrogens is 176 g/mol. The molecule has 1 heterocycles. The molecule has 1 aromatic carbocycles. The molecule has 0 amide bonds. The summed E-state index contributed by atoms with van der Waals surface area (Å²) in [6.07, 6.45) is 1.63. The Morgan fingerprint density at radius 1 is 1.07 bits per heavy atom. The third kappa shape index (κ3) is 1.98. The fourth-order valence-electron chi connectivity index (χ4n) is 1.08. The summed E-state index contributed by atoms with van der Waals surface area (Å²) in [5, 5.41) is 10.8. The van der Waals surface area contributed by atoms with E-state index in [1.165, 1.54) is 0 Å². The first kappa shape index (κ1) is 8.50. The molecule has 0 saturated heterocycles. The average molecular weight is 186 g/mol. The highest BCUT2D eigenvalue weighted by molar-refractivity contribution is 5.58. The van der Waals surface area contributed by atoms with Crippen molar-refractivity contribution < 1.29 is 0 Å². The molecule has 1 aromatic heterocycles. The van der Waals surface area contributed by atoms with Gasteiger partial charge in [-0.3, -0.25) is 0 Å². The summed E-state index contributed by atoms with van der Waals surface area (Å²) in [6, 6.07) is 11.1. The van der Waals surface area contributed by atoms with Crippen LogP contribution in [0.2, 0.25) is 0 Å². The summed E-state index contributed by atoms with van der Waals surface area (Å²) in [6.45, 7) is 0. The third-order valence-electron chi connectivity index (χ3n) is 1.76. The van der Waals surface area contributed by atoms with Crippen LogP contribution < -0.4 is 11.1 Å². The van der Waals surface area contributed by atoms with Gasteiger partial charge in [0.15, 0.2) is 5.82 Å². The Morgan fingerprint density at radius 3 is 2.50 bits per heavy atom. The number of hydrogen-bond donors (Lipinski definition) is 2. The molecule has 4 nitrogen and oxygen atoms in total. The van der Waals surface area contributed by atoms with Gasteiger partial charge in [-0.25, -0.2) is 0 Å². The van der Waals surface area contributed by atoms with E-state index in [1.807, 2.05) is 36.4 Å². The Morgan fingerprint density at radius 2 is 1.86 bits per heavy atom. The Bertz CT molecular complexity index is 396. The second kappa shape index (κ2) is 3.74. The van der Waals surface area contributed by atoms with Gasteiger partial charge >= 0.3 is 0 Å². The minimum Gasteiger partial charge on any atom is -0.399 e. The lowest BCUT2D eigenvalue weighted by atomic mass is 10.3. The van der Waals surface area contributed by atoms with E-state index in [-0.39, 0.29) is 0 Å². The van der Waals surface area contributed by atoms with E-state index in [4.69, 9.17) is 5.73 Å². The summed E-state index contributed by atoms with van der Waals surface area (Å²) in [5.41, 5.74) is 7.25. The molecule has 0 aliphatic carbocycles. The van der Waals surface area contributed by atoms with Gasteiger partial charge in [-0.2, -0.15) is 5.10 Å². The van der Waals surface area contributed by atoms with E-state index in [0.717, 1.165) is 17.2 Å². The van der Waals surface area contributed by atoms with Gasteiger partial charge in [0.2, 0.25) is 0 Å². The van der Waals surface area contributed by atoms with E-state index in [0.29, 0.717) is 0 Å². The number of nitrogens with one attached hydrogen (secondary N) is 1. The molecule has 0 saturated carbocycles. The Kier molecular flexibility index (Phi) is 2.27. The zero-order chi connectivity index (χ0) is 9.80. The monoisotopic (exact) mass is 186 g/mol. The molecule has 0 atom stereocenters. The summed E-state index contributed by atoms with van der Waals surface area (Å²) in [7, 11) is 0. The number of benzene rings is 1. The lowest BCUT2D eigenvalue weighted by Gasteiger charge is -2.03. The van der Waals surface area contributed by atoms with Crippen LogP contribution in [0.4, 0.5) is 17.2 Å². The number of aromatic nitrogens is 2. The lowest BCUT2D eigenvalue weighted by Crippen LogP contribution is -1.94. The van der Waals surface area contributed by atoms with Crippen LogP contribution in [-0.4, -0.2) is 10.2 Å². The first-order valence-corrected chi connectivity index (χ1v) is 4.25. The van der Waals surface area contributed by atoms with Crippen molar-refractivity contribution in [3.05, 3.63) is 42.6 Å². The highest BCUT2D eigenvalue weighted by Gasteiger charge is 1.94. The third-order valence-corrected chi connectivity index (χ3v) is 1.76. The van der Waals surface area contributed by atoms with E-state index < -0.39 is 0 Å². The maximum Gasteiger partial charge on any atom is 0.153 e. The second-order valence-corrected chi connectivity index (χ2v) is 2.86. The highest BCUT2D eigenvalue weighted by atomic mass is 15.2. The van der Waals surface area contributed by atoms with E-state index in [9.17, 15) is 0 Å².